The van der Waals surface area contributed by atoms with Crippen LogP contribution < -0.4 is 0 Å². The van der Waals surface area contributed by atoms with Gasteiger partial charge in [-0.2, -0.15) is 0 Å². The number of allylic oxidation sites excluding steroid dienone is 16. The molecule has 0 rings (SSSR count). The number of carbonyl (C=O) groups is 3. The maximum Gasteiger partial charge on any atom is 0.306 e. The Morgan fingerprint density at radius 1 is 0.292 bits per heavy atom. The summed E-state index contributed by atoms with van der Waals surface area (Å²) in [6.07, 6.45) is 79.7. The number of esters is 3. The summed E-state index contributed by atoms with van der Waals surface area (Å²) < 4.78 is 16.9. The van der Waals surface area contributed by atoms with Crippen LogP contribution in [0.1, 0.15) is 284 Å². The van der Waals surface area contributed by atoms with E-state index in [1.54, 1.807) is 0 Å². The molecule has 0 aliphatic heterocycles. The molecule has 1 unspecified atom stereocenters. The second-order valence-corrected chi connectivity index (χ2v) is 19.9. The van der Waals surface area contributed by atoms with Crippen molar-refractivity contribution in [3.8, 4) is 0 Å². The molecule has 0 spiro atoms. The lowest BCUT2D eigenvalue weighted by molar-refractivity contribution is -0.167. The summed E-state index contributed by atoms with van der Waals surface area (Å²) in [5, 5.41) is 0. The van der Waals surface area contributed by atoms with Gasteiger partial charge in [0.2, 0.25) is 0 Å². The van der Waals surface area contributed by atoms with Gasteiger partial charge < -0.3 is 14.2 Å². The first-order valence-corrected chi connectivity index (χ1v) is 30.2. The Labute approximate surface area is 445 Å². The van der Waals surface area contributed by atoms with Crippen LogP contribution in [0, 0.1) is 0 Å². The molecule has 0 aliphatic rings. The number of hydrogen-bond donors (Lipinski definition) is 0. The molecule has 0 aromatic rings. The van der Waals surface area contributed by atoms with Crippen molar-refractivity contribution in [2.75, 3.05) is 13.2 Å². The molecule has 72 heavy (non-hydrogen) atoms. The van der Waals surface area contributed by atoms with E-state index in [0.29, 0.717) is 19.3 Å². The van der Waals surface area contributed by atoms with Crippen molar-refractivity contribution in [3.63, 3.8) is 0 Å². The van der Waals surface area contributed by atoms with Gasteiger partial charge in [-0.1, -0.05) is 259 Å². The van der Waals surface area contributed by atoms with E-state index in [0.717, 1.165) is 116 Å². The second-order valence-electron chi connectivity index (χ2n) is 19.9. The summed E-state index contributed by atoms with van der Waals surface area (Å²) >= 11 is 0. The molecule has 0 fully saturated rings. The summed E-state index contributed by atoms with van der Waals surface area (Å²) in [7, 11) is 0. The summed E-state index contributed by atoms with van der Waals surface area (Å²) in [5.41, 5.74) is 0. The first-order chi connectivity index (χ1) is 35.5. The maximum absolute atomic E-state index is 12.9. The van der Waals surface area contributed by atoms with E-state index in [-0.39, 0.29) is 31.1 Å². The minimum atomic E-state index is -0.794. The lowest BCUT2D eigenvalue weighted by Gasteiger charge is -2.18. The maximum atomic E-state index is 12.9. The highest BCUT2D eigenvalue weighted by Crippen LogP contribution is 2.16. The van der Waals surface area contributed by atoms with Gasteiger partial charge in [-0.3, -0.25) is 14.4 Å². The van der Waals surface area contributed by atoms with Gasteiger partial charge in [0.15, 0.2) is 6.10 Å². The number of hydrogen-bond acceptors (Lipinski definition) is 6. The van der Waals surface area contributed by atoms with Crippen LogP contribution in [0.3, 0.4) is 0 Å². The van der Waals surface area contributed by atoms with Crippen LogP contribution >= 0.6 is 0 Å². The minimum Gasteiger partial charge on any atom is -0.462 e. The average Bonchev–Trinajstić information content (AvgIpc) is 3.38. The third kappa shape index (κ3) is 57.2. The van der Waals surface area contributed by atoms with E-state index in [2.05, 4.69) is 118 Å². The van der Waals surface area contributed by atoms with Crippen molar-refractivity contribution >= 4 is 17.9 Å². The molecular formula is C66H112O6. The molecular weight excluding hydrogens is 889 g/mol. The van der Waals surface area contributed by atoms with Crippen LogP contribution in [-0.4, -0.2) is 37.2 Å². The van der Waals surface area contributed by atoms with Gasteiger partial charge in [-0.25, -0.2) is 0 Å². The molecule has 0 aromatic heterocycles. The number of rotatable bonds is 54. The Bertz CT molecular complexity index is 1430. The van der Waals surface area contributed by atoms with Crippen LogP contribution in [0.2, 0.25) is 0 Å². The third-order valence-corrected chi connectivity index (χ3v) is 12.8. The molecule has 0 saturated carbocycles. The first kappa shape index (κ1) is 68.3. The van der Waals surface area contributed by atoms with Crippen molar-refractivity contribution < 1.29 is 28.6 Å². The Kier molecular flexibility index (Phi) is 56.8. The van der Waals surface area contributed by atoms with E-state index in [1.807, 2.05) is 0 Å². The Morgan fingerprint density at radius 2 is 0.542 bits per heavy atom. The van der Waals surface area contributed by atoms with Crippen LogP contribution in [-0.2, 0) is 28.6 Å². The molecule has 0 bridgehead atoms. The van der Waals surface area contributed by atoms with Gasteiger partial charge in [0.1, 0.15) is 13.2 Å². The summed E-state index contributed by atoms with van der Waals surface area (Å²) in [5.74, 6) is -0.925. The molecule has 0 aliphatic carbocycles. The quantitative estimate of drug-likeness (QED) is 0.0261. The van der Waals surface area contributed by atoms with Crippen molar-refractivity contribution in [2.24, 2.45) is 0 Å². The molecule has 0 radical (unpaired) electrons. The Balaban J connectivity index is 4.41. The van der Waals surface area contributed by atoms with E-state index >= 15 is 0 Å². The van der Waals surface area contributed by atoms with Crippen molar-refractivity contribution in [1.29, 1.82) is 0 Å². The zero-order valence-electron chi connectivity index (χ0n) is 47.2. The van der Waals surface area contributed by atoms with Gasteiger partial charge in [0.05, 0.1) is 0 Å². The summed E-state index contributed by atoms with van der Waals surface area (Å²) in [6, 6.07) is 0. The van der Waals surface area contributed by atoms with E-state index in [1.165, 1.54) is 128 Å². The SMILES string of the molecule is CC/C=C\C/C=C\C/C=C\C/C=C\C/C=C\C/C=C\C/C=C\CCCCCC(=O)OCC(COC(=O)CCCCCCC/C=C\CCCCCCC)OC(=O)CCCCCCCCCCCCCCCCC. The van der Waals surface area contributed by atoms with Crippen molar-refractivity contribution in [3.05, 3.63) is 97.2 Å². The predicted octanol–water partition coefficient (Wildman–Crippen LogP) is 20.5. The molecule has 0 N–H and O–H groups in total. The van der Waals surface area contributed by atoms with Gasteiger partial charge in [-0.15, -0.1) is 0 Å². The van der Waals surface area contributed by atoms with Gasteiger partial charge in [-0.05, 0) is 103 Å². The zero-order chi connectivity index (χ0) is 52.2. The van der Waals surface area contributed by atoms with Crippen LogP contribution in [0.15, 0.2) is 97.2 Å². The molecule has 6 heteroatoms. The van der Waals surface area contributed by atoms with Gasteiger partial charge >= 0.3 is 17.9 Å². The molecule has 0 saturated heterocycles. The second kappa shape index (κ2) is 59.9. The lowest BCUT2D eigenvalue weighted by Crippen LogP contribution is -2.30. The fourth-order valence-electron chi connectivity index (χ4n) is 8.30. The number of unbranched alkanes of at least 4 members (excludes halogenated alkanes) is 27. The van der Waals surface area contributed by atoms with Crippen molar-refractivity contribution in [1.82, 2.24) is 0 Å². The van der Waals surface area contributed by atoms with E-state index in [4.69, 9.17) is 14.2 Å². The number of ether oxygens (including phenoxy) is 3. The van der Waals surface area contributed by atoms with Crippen LogP contribution in [0.25, 0.3) is 0 Å². The monoisotopic (exact) mass is 1000 g/mol. The van der Waals surface area contributed by atoms with Gasteiger partial charge in [0.25, 0.3) is 0 Å². The third-order valence-electron chi connectivity index (χ3n) is 12.8. The Hall–Kier alpha value is -3.67. The normalized spacial score (nSPS) is 12.8. The molecule has 0 heterocycles. The first-order valence-electron chi connectivity index (χ1n) is 30.2. The average molecular weight is 1000 g/mol. The molecule has 0 amide bonds. The smallest absolute Gasteiger partial charge is 0.306 e. The standard InChI is InChI=1S/C66H112O6/c1-4-7-10-13-16-19-22-25-28-29-30-31-32-33-34-35-36-37-39-41-44-47-50-53-56-59-65(68)71-62-63(61-70-64(67)58-55-52-49-46-43-40-27-24-21-18-15-12-9-6-3)72-66(69)60-57-54-51-48-45-42-38-26-23-20-17-14-11-8-5-2/h7,10,16,19,24-25,27-28,30-31,33-34,36-37,41,44,63H,4-6,8-9,11-15,17-18,20-23,26,29,32,35,38-40,42-43,45-62H2,1-3H3/b10-7-,19-16-,27-24-,28-25-,31-30-,34-33-,37-36-,44-41-. The van der Waals surface area contributed by atoms with Gasteiger partial charge in [0, 0.05) is 19.3 Å². The molecule has 6 nitrogen and oxygen atoms in total. The summed E-state index contributed by atoms with van der Waals surface area (Å²) in [4.78, 5) is 38.2. The minimum absolute atomic E-state index is 0.0907. The largest absolute Gasteiger partial charge is 0.462 e. The highest BCUT2D eigenvalue weighted by Gasteiger charge is 2.19. The van der Waals surface area contributed by atoms with Crippen LogP contribution in [0.4, 0.5) is 0 Å². The van der Waals surface area contributed by atoms with E-state index in [9.17, 15) is 14.4 Å². The highest BCUT2D eigenvalue weighted by molar-refractivity contribution is 5.71. The topological polar surface area (TPSA) is 78.9 Å². The van der Waals surface area contributed by atoms with E-state index < -0.39 is 6.10 Å². The molecule has 412 valence electrons. The highest BCUT2D eigenvalue weighted by atomic mass is 16.6. The fraction of sp³-hybridized carbons (Fsp3) is 0.712. The lowest BCUT2D eigenvalue weighted by atomic mass is 10.0. The zero-order valence-corrected chi connectivity index (χ0v) is 47.2. The fourth-order valence-corrected chi connectivity index (χ4v) is 8.30. The Morgan fingerprint density at radius 3 is 0.875 bits per heavy atom. The van der Waals surface area contributed by atoms with Crippen LogP contribution in [0.5, 0.6) is 0 Å². The predicted molar refractivity (Wildman–Crippen MR) is 311 cm³/mol. The summed E-state index contributed by atoms with van der Waals surface area (Å²) in [6.45, 7) is 6.50. The number of carbonyl (C=O) groups excluding carboxylic acids is 3. The molecule has 1 atom stereocenters. The van der Waals surface area contributed by atoms with Crippen molar-refractivity contribution in [2.45, 2.75) is 290 Å². The molecule has 0 aromatic carbocycles.